The molecule has 5 rings (SSSR count). The van der Waals surface area contributed by atoms with E-state index in [1.165, 1.54) is 41.2 Å². The zero-order chi connectivity index (χ0) is 21.4. The maximum Gasteiger partial charge on any atom is 0.263 e. The van der Waals surface area contributed by atoms with E-state index in [1.54, 1.807) is 30.3 Å². The van der Waals surface area contributed by atoms with E-state index < -0.39 is 0 Å². The van der Waals surface area contributed by atoms with Crippen LogP contribution in [0.2, 0.25) is 0 Å². The Kier molecular flexibility index (Phi) is 5.30. The Labute approximate surface area is 182 Å². The molecule has 0 N–H and O–H groups in total. The number of likely N-dealkylation sites (tertiary alicyclic amines) is 1. The van der Waals surface area contributed by atoms with Crippen LogP contribution in [0.4, 0.5) is 0 Å². The molecule has 6 heteroatoms. The van der Waals surface area contributed by atoms with E-state index in [1.807, 2.05) is 6.07 Å². The summed E-state index contributed by atoms with van der Waals surface area (Å²) in [4.78, 5) is 26.9. The minimum absolute atomic E-state index is 0.0723. The van der Waals surface area contributed by atoms with E-state index in [4.69, 9.17) is 4.74 Å². The predicted octanol–water partition coefficient (Wildman–Crippen LogP) is 4.14. The van der Waals surface area contributed by atoms with Gasteiger partial charge in [-0.2, -0.15) is 0 Å². The number of carbonyl (C=O) groups is 1. The molecule has 162 valence electrons. The number of piperidine rings is 1. The Bertz CT molecular complexity index is 1150. The zero-order valence-electron chi connectivity index (χ0n) is 18.0. The maximum atomic E-state index is 12.8. The standard InChI is InChI=1S/C25H29N3O3/c1-26-14-5-8-21(24(26)29)25(30)27-15-11-19(12-16-27)31-23-10-4-9-22-20(23)13-17-28(22)18-6-2-3-7-18/h4-5,8-10,13-14,17-19H,2-3,6-7,11-12,15-16H2,1H3. The van der Waals surface area contributed by atoms with Crippen LogP contribution in [0, 0.1) is 0 Å². The SMILES string of the molecule is Cn1cccc(C(=O)N2CCC(Oc3cccc4c3ccn4C3CCCC3)CC2)c1=O. The van der Waals surface area contributed by atoms with E-state index in [2.05, 4.69) is 29.0 Å². The molecule has 0 bridgehead atoms. The second-order valence-corrected chi connectivity index (χ2v) is 8.80. The highest BCUT2D eigenvalue weighted by Gasteiger charge is 2.27. The minimum atomic E-state index is -0.246. The van der Waals surface area contributed by atoms with Crippen LogP contribution in [0.3, 0.4) is 0 Å². The topological polar surface area (TPSA) is 56.5 Å². The van der Waals surface area contributed by atoms with Crippen molar-refractivity contribution in [2.45, 2.75) is 50.7 Å². The summed E-state index contributed by atoms with van der Waals surface area (Å²) >= 11 is 0. The average molecular weight is 420 g/mol. The number of nitrogens with zero attached hydrogens (tertiary/aromatic N) is 3. The molecule has 1 saturated carbocycles. The normalized spacial score (nSPS) is 18.0. The molecule has 0 atom stereocenters. The number of hydrogen-bond donors (Lipinski definition) is 0. The first-order valence-corrected chi connectivity index (χ1v) is 11.3. The van der Waals surface area contributed by atoms with Crippen LogP contribution < -0.4 is 10.3 Å². The lowest BCUT2D eigenvalue weighted by atomic mass is 10.1. The van der Waals surface area contributed by atoms with Gasteiger partial charge in [0.25, 0.3) is 11.5 Å². The van der Waals surface area contributed by atoms with Gasteiger partial charge in [0.1, 0.15) is 17.4 Å². The second kappa shape index (κ2) is 8.25. The highest BCUT2D eigenvalue weighted by atomic mass is 16.5. The van der Waals surface area contributed by atoms with Gasteiger partial charge in [-0.25, -0.2) is 0 Å². The number of benzene rings is 1. The summed E-state index contributed by atoms with van der Waals surface area (Å²) in [6, 6.07) is 12.4. The lowest BCUT2D eigenvalue weighted by Gasteiger charge is -2.32. The summed E-state index contributed by atoms with van der Waals surface area (Å²) in [5, 5.41) is 1.17. The molecular weight excluding hydrogens is 390 g/mol. The molecule has 31 heavy (non-hydrogen) atoms. The van der Waals surface area contributed by atoms with Crippen molar-refractivity contribution in [1.29, 1.82) is 0 Å². The number of hydrogen-bond acceptors (Lipinski definition) is 3. The number of aromatic nitrogens is 2. The molecule has 3 aromatic rings. The van der Waals surface area contributed by atoms with E-state index in [-0.39, 0.29) is 23.1 Å². The first kappa shape index (κ1) is 19.9. The fraction of sp³-hybridized carbons (Fsp3) is 0.440. The Hall–Kier alpha value is -3.02. The molecule has 0 spiro atoms. The quantitative estimate of drug-likeness (QED) is 0.639. The summed E-state index contributed by atoms with van der Waals surface area (Å²) < 4.78 is 10.3. The van der Waals surface area contributed by atoms with E-state index in [9.17, 15) is 9.59 Å². The van der Waals surface area contributed by atoms with Crippen molar-refractivity contribution in [3.63, 3.8) is 0 Å². The molecular formula is C25H29N3O3. The van der Waals surface area contributed by atoms with Gasteiger partial charge >= 0.3 is 0 Å². The molecule has 1 amide bonds. The van der Waals surface area contributed by atoms with Crippen molar-refractivity contribution in [3.05, 3.63) is 64.7 Å². The van der Waals surface area contributed by atoms with E-state index in [0.29, 0.717) is 19.1 Å². The number of carbonyl (C=O) groups excluding carboxylic acids is 1. The van der Waals surface area contributed by atoms with Crippen LogP contribution in [0.5, 0.6) is 5.75 Å². The Morgan fingerprint density at radius 2 is 1.74 bits per heavy atom. The van der Waals surface area contributed by atoms with E-state index in [0.717, 1.165) is 18.6 Å². The summed E-state index contributed by atoms with van der Waals surface area (Å²) in [5.74, 6) is 0.742. The monoisotopic (exact) mass is 419 g/mol. The van der Waals surface area contributed by atoms with Crippen molar-refractivity contribution >= 4 is 16.8 Å². The number of aryl methyl sites for hydroxylation is 1. The first-order valence-electron chi connectivity index (χ1n) is 11.3. The number of amides is 1. The molecule has 2 aliphatic rings. The number of pyridine rings is 1. The summed E-state index contributed by atoms with van der Waals surface area (Å²) in [6.07, 6.45) is 10.6. The number of rotatable bonds is 4. The lowest BCUT2D eigenvalue weighted by molar-refractivity contribution is 0.0596. The summed E-state index contributed by atoms with van der Waals surface area (Å²) in [6.45, 7) is 1.20. The van der Waals surface area contributed by atoms with Gasteiger partial charge in [-0.05, 0) is 43.2 Å². The third-order valence-electron chi connectivity index (χ3n) is 6.82. The molecule has 0 unspecified atom stereocenters. The molecule has 1 aliphatic heterocycles. The molecule has 2 aromatic heterocycles. The Morgan fingerprint density at radius 3 is 2.52 bits per heavy atom. The maximum absolute atomic E-state index is 12.8. The predicted molar refractivity (Wildman–Crippen MR) is 121 cm³/mol. The van der Waals surface area contributed by atoms with Gasteiger partial charge in [0, 0.05) is 56.8 Å². The molecule has 6 nitrogen and oxygen atoms in total. The van der Waals surface area contributed by atoms with Crippen molar-refractivity contribution < 1.29 is 9.53 Å². The Balaban J connectivity index is 1.27. The largest absolute Gasteiger partial charge is 0.490 e. The second-order valence-electron chi connectivity index (χ2n) is 8.80. The molecule has 1 saturated heterocycles. The molecule has 2 fully saturated rings. The van der Waals surface area contributed by atoms with Crippen molar-refractivity contribution in [2.24, 2.45) is 7.05 Å². The van der Waals surface area contributed by atoms with Gasteiger partial charge < -0.3 is 18.8 Å². The van der Waals surface area contributed by atoms with Crippen LogP contribution in [0.1, 0.15) is 54.9 Å². The Morgan fingerprint density at radius 1 is 0.968 bits per heavy atom. The fourth-order valence-corrected chi connectivity index (χ4v) is 5.05. The number of fused-ring (bicyclic) bond motifs is 1. The summed E-state index contributed by atoms with van der Waals surface area (Å²) in [7, 11) is 1.67. The smallest absolute Gasteiger partial charge is 0.263 e. The van der Waals surface area contributed by atoms with Crippen molar-refractivity contribution in [2.75, 3.05) is 13.1 Å². The van der Waals surface area contributed by atoms with Crippen molar-refractivity contribution in [3.8, 4) is 5.75 Å². The van der Waals surface area contributed by atoms with Gasteiger partial charge in [0.2, 0.25) is 0 Å². The van der Waals surface area contributed by atoms with Gasteiger partial charge in [0.05, 0.1) is 5.52 Å². The van der Waals surface area contributed by atoms with E-state index >= 15 is 0 Å². The average Bonchev–Trinajstić information content (AvgIpc) is 3.46. The van der Waals surface area contributed by atoms with Crippen LogP contribution >= 0.6 is 0 Å². The van der Waals surface area contributed by atoms with Gasteiger partial charge in [0.15, 0.2) is 0 Å². The molecule has 1 aromatic carbocycles. The molecule has 0 radical (unpaired) electrons. The van der Waals surface area contributed by atoms with Gasteiger partial charge in [-0.15, -0.1) is 0 Å². The minimum Gasteiger partial charge on any atom is -0.490 e. The first-order chi connectivity index (χ1) is 15.1. The summed E-state index contributed by atoms with van der Waals surface area (Å²) in [5.41, 5.74) is 1.24. The molecule has 1 aliphatic carbocycles. The van der Waals surface area contributed by atoms with Crippen LogP contribution in [-0.2, 0) is 7.05 Å². The van der Waals surface area contributed by atoms with Crippen LogP contribution in [0.25, 0.3) is 10.9 Å². The van der Waals surface area contributed by atoms with Gasteiger partial charge in [-0.3, -0.25) is 9.59 Å². The van der Waals surface area contributed by atoms with Crippen LogP contribution in [0.15, 0.2) is 53.6 Å². The van der Waals surface area contributed by atoms with Gasteiger partial charge in [-0.1, -0.05) is 18.9 Å². The highest BCUT2D eigenvalue weighted by Crippen LogP contribution is 2.36. The lowest BCUT2D eigenvalue weighted by Crippen LogP contribution is -2.43. The van der Waals surface area contributed by atoms with Crippen LogP contribution in [-0.4, -0.2) is 39.1 Å². The fourth-order valence-electron chi connectivity index (χ4n) is 5.05. The molecule has 3 heterocycles. The third kappa shape index (κ3) is 3.75. The highest BCUT2D eigenvalue weighted by molar-refractivity contribution is 5.94. The number of ether oxygens (including phenoxy) is 1. The third-order valence-corrected chi connectivity index (χ3v) is 6.82. The zero-order valence-corrected chi connectivity index (χ0v) is 18.0. The van der Waals surface area contributed by atoms with Crippen molar-refractivity contribution in [1.82, 2.24) is 14.0 Å².